The van der Waals surface area contributed by atoms with E-state index in [1.54, 1.807) is 12.1 Å². The molecule has 0 atom stereocenters. The van der Waals surface area contributed by atoms with Crippen LogP contribution in [0.5, 0.6) is 0 Å². The second-order valence-corrected chi connectivity index (χ2v) is 6.01. The van der Waals surface area contributed by atoms with Gasteiger partial charge in [0, 0.05) is 11.6 Å². The molecule has 0 aliphatic carbocycles. The van der Waals surface area contributed by atoms with E-state index in [1.807, 2.05) is 0 Å². The zero-order valence-corrected chi connectivity index (χ0v) is 14.4. The summed E-state index contributed by atoms with van der Waals surface area (Å²) in [6, 6.07) is 9.03. The number of hydrogen-bond acceptors (Lipinski definition) is 4. The van der Waals surface area contributed by atoms with Crippen molar-refractivity contribution in [1.29, 1.82) is 0 Å². The van der Waals surface area contributed by atoms with Crippen LogP contribution in [0.2, 0.25) is 5.02 Å². The fraction of sp³-hybridized carbons (Fsp3) is 0.176. The van der Waals surface area contributed by atoms with Crippen molar-refractivity contribution >= 4 is 28.4 Å². The number of amides is 1. The third-order valence-corrected chi connectivity index (χ3v) is 4.01. The predicted molar refractivity (Wildman–Crippen MR) is 92.6 cm³/mol. The monoisotopic (exact) mass is 396 g/mol. The molecule has 1 aromatic heterocycles. The van der Waals surface area contributed by atoms with E-state index in [4.69, 9.17) is 11.6 Å². The highest BCUT2D eigenvalue weighted by Crippen LogP contribution is 2.31. The molecule has 1 amide bonds. The fourth-order valence-electron chi connectivity index (χ4n) is 2.49. The number of nitrogens with zero attached hydrogens (tertiary/aromatic N) is 3. The number of carbonyl (C=O) groups is 1. The van der Waals surface area contributed by atoms with E-state index in [0.29, 0.717) is 10.5 Å². The Kier molecular flexibility index (Phi) is 5.13. The number of alkyl halides is 3. The van der Waals surface area contributed by atoms with Crippen LogP contribution in [0.25, 0.3) is 10.9 Å². The van der Waals surface area contributed by atoms with Gasteiger partial charge < -0.3 is 5.32 Å². The Bertz CT molecular complexity index is 1070. The summed E-state index contributed by atoms with van der Waals surface area (Å²) in [6.45, 7) is -0.167. The average Bonchev–Trinajstić information content (AvgIpc) is 2.63. The van der Waals surface area contributed by atoms with E-state index >= 15 is 0 Å². The second-order valence-electron chi connectivity index (χ2n) is 5.58. The van der Waals surface area contributed by atoms with Crippen molar-refractivity contribution < 1.29 is 18.0 Å². The van der Waals surface area contributed by atoms with Crippen LogP contribution < -0.4 is 10.9 Å². The fourth-order valence-corrected chi connectivity index (χ4v) is 2.67. The van der Waals surface area contributed by atoms with Gasteiger partial charge in [-0.05, 0) is 30.3 Å². The Morgan fingerprint density at radius 2 is 1.93 bits per heavy atom. The maximum atomic E-state index is 13.0. The number of carbonyl (C=O) groups excluding carboxylic acids is 1. The Morgan fingerprint density at radius 3 is 2.67 bits per heavy atom. The van der Waals surface area contributed by atoms with E-state index in [-0.39, 0.29) is 18.5 Å². The number of rotatable bonds is 4. The first-order chi connectivity index (χ1) is 12.8. The Hall–Kier alpha value is -2.94. The summed E-state index contributed by atoms with van der Waals surface area (Å²) >= 11 is 5.86. The molecule has 0 unspecified atom stereocenters. The van der Waals surface area contributed by atoms with Crippen molar-refractivity contribution in [1.82, 2.24) is 20.3 Å². The van der Waals surface area contributed by atoms with Crippen LogP contribution >= 0.6 is 11.6 Å². The van der Waals surface area contributed by atoms with Gasteiger partial charge in [0.2, 0.25) is 0 Å². The van der Waals surface area contributed by atoms with Gasteiger partial charge in [0.05, 0.1) is 23.1 Å². The summed E-state index contributed by atoms with van der Waals surface area (Å²) < 4.78 is 39.9. The second kappa shape index (κ2) is 7.36. The molecule has 1 N–H and O–H groups in total. The minimum absolute atomic E-state index is 0.0613. The number of hydrogen-bond donors (Lipinski definition) is 1. The summed E-state index contributed by atoms with van der Waals surface area (Å²) in [5.41, 5.74) is -1.62. The smallest absolute Gasteiger partial charge is 0.350 e. The predicted octanol–water partition coefficient (Wildman–Crippen LogP) is 2.89. The third kappa shape index (κ3) is 4.08. The van der Waals surface area contributed by atoms with Crippen LogP contribution in [0.1, 0.15) is 15.9 Å². The topological polar surface area (TPSA) is 76.9 Å². The Morgan fingerprint density at radius 1 is 1.19 bits per heavy atom. The molecule has 0 saturated carbocycles. The highest BCUT2D eigenvalue weighted by Gasteiger charge is 2.34. The van der Waals surface area contributed by atoms with Crippen LogP contribution in [0, 0.1) is 0 Å². The van der Waals surface area contributed by atoms with E-state index in [2.05, 4.69) is 15.6 Å². The lowest BCUT2D eigenvalue weighted by Gasteiger charge is -2.12. The Labute approximate surface area is 155 Å². The quantitative estimate of drug-likeness (QED) is 0.735. The third-order valence-electron chi connectivity index (χ3n) is 3.77. The molecule has 0 radical (unpaired) electrons. The van der Waals surface area contributed by atoms with Gasteiger partial charge in [-0.15, -0.1) is 5.10 Å². The minimum Gasteiger partial charge on any atom is -0.350 e. The van der Waals surface area contributed by atoms with Crippen molar-refractivity contribution in [3.63, 3.8) is 0 Å². The van der Waals surface area contributed by atoms with Crippen molar-refractivity contribution in [3.8, 4) is 0 Å². The SMILES string of the molecule is O=C(NCCn1nnc2ccc(Cl)cc2c1=O)c1ccccc1C(F)(F)F. The van der Waals surface area contributed by atoms with Crippen LogP contribution in [0.15, 0.2) is 47.3 Å². The van der Waals surface area contributed by atoms with Crippen molar-refractivity contribution in [3.05, 3.63) is 69.0 Å². The molecule has 0 aliphatic heterocycles. The van der Waals surface area contributed by atoms with E-state index in [9.17, 15) is 22.8 Å². The molecule has 0 saturated heterocycles. The first-order valence-corrected chi connectivity index (χ1v) is 8.12. The number of halogens is 4. The largest absolute Gasteiger partial charge is 0.417 e. The van der Waals surface area contributed by atoms with Crippen molar-refractivity contribution in [2.45, 2.75) is 12.7 Å². The molecule has 0 spiro atoms. The molecule has 1 heterocycles. The molecule has 0 aliphatic rings. The van der Waals surface area contributed by atoms with Crippen molar-refractivity contribution in [2.24, 2.45) is 0 Å². The number of fused-ring (bicyclic) bond motifs is 1. The average molecular weight is 397 g/mol. The van der Waals surface area contributed by atoms with E-state index in [1.165, 1.54) is 18.2 Å². The lowest BCUT2D eigenvalue weighted by atomic mass is 10.1. The molecule has 0 bridgehead atoms. The molecule has 0 fully saturated rings. The van der Waals surface area contributed by atoms with E-state index < -0.39 is 28.8 Å². The van der Waals surface area contributed by atoms with Gasteiger partial charge in [-0.1, -0.05) is 28.9 Å². The highest BCUT2D eigenvalue weighted by molar-refractivity contribution is 6.31. The summed E-state index contributed by atoms with van der Waals surface area (Å²) in [5, 5.41) is 10.6. The van der Waals surface area contributed by atoms with Crippen molar-refractivity contribution in [2.75, 3.05) is 6.54 Å². The minimum atomic E-state index is -4.64. The van der Waals surface area contributed by atoms with E-state index in [0.717, 1.165) is 16.8 Å². The summed E-state index contributed by atoms with van der Waals surface area (Å²) in [5.74, 6) is -0.896. The van der Waals surface area contributed by atoms with Crippen LogP contribution in [-0.2, 0) is 12.7 Å². The molecule has 2 aromatic carbocycles. The molecular weight excluding hydrogens is 385 g/mol. The normalized spacial score (nSPS) is 11.6. The molecule has 6 nitrogen and oxygen atoms in total. The maximum Gasteiger partial charge on any atom is 0.417 e. The summed E-state index contributed by atoms with van der Waals surface area (Å²) in [6.07, 6.45) is -4.64. The first kappa shape index (κ1) is 18.8. The lowest BCUT2D eigenvalue weighted by molar-refractivity contribution is -0.137. The Balaban J connectivity index is 1.74. The van der Waals surface area contributed by atoms with Gasteiger partial charge in [-0.25, -0.2) is 4.68 Å². The maximum absolute atomic E-state index is 13.0. The van der Waals surface area contributed by atoms with Gasteiger partial charge >= 0.3 is 6.18 Å². The van der Waals surface area contributed by atoms with Crippen LogP contribution in [0.3, 0.4) is 0 Å². The van der Waals surface area contributed by atoms with Gasteiger partial charge in [-0.3, -0.25) is 9.59 Å². The number of benzene rings is 2. The zero-order valence-electron chi connectivity index (χ0n) is 13.6. The van der Waals surface area contributed by atoms with Gasteiger partial charge in [0.15, 0.2) is 0 Å². The van der Waals surface area contributed by atoms with Crippen LogP contribution in [-0.4, -0.2) is 27.4 Å². The standard InChI is InChI=1S/C17H12ClF3N4O2/c18-10-5-6-14-12(9-10)16(27)25(24-23-14)8-7-22-15(26)11-3-1-2-4-13(11)17(19,20)21/h1-6,9H,7-8H2,(H,22,26). The van der Waals surface area contributed by atoms with Crippen LogP contribution in [0.4, 0.5) is 13.2 Å². The highest BCUT2D eigenvalue weighted by atomic mass is 35.5. The lowest BCUT2D eigenvalue weighted by Crippen LogP contribution is -2.33. The molecule has 3 rings (SSSR count). The number of aromatic nitrogens is 3. The summed E-state index contributed by atoms with van der Waals surface area (Å²) in [4.78, 5) is 24.4. The first-order valence-electron chi connectivity index (χ1n) is 7.75. The van der Waals surface area contributed by atoms with Gasteiger partial charge in [-0.2, -0.15) is 13.2 Å². The van der Waals surface area contributed by atoms with Gasteiger partial charge in [0.25, 0.3) is 11.5 Å². The summed E-state index contributed by atoms with van der Waals surface area (Å²) in [7, 11) is 0. The molecule has 140 valence electrons. The molecular formula is C17H12ClF3N4O2. The molecule has 10 heteroatoms. The zero-order chi connectivity index (χ0) is 19.6. The van der Waals surface area contributed by atoms with Gasteiger partial charge in [0.1, 0.15) is 5.52 Å². The molecule has 27 heavy (non-hydrogen) atoms. The number of nitrogens with one attached hydrogen (secondary N) is 1. The molecule has 3 aromatic rings.